The van der Waals surface area contributed by atoms with E-state index >= 15 is 0 Å². The second-order valence-electron chi connectivity index (χ2n) is 11.3. The van der Waals surface area contributed by atoms with Crippen molar-refractivity contribution in [2.75, 3.05) is 19.7 Å². The molecule has 1 aromatic heterocycles. The molecule has 2 heterocycles. The van der Waals surface area contributed by atoms with Crippen LogP contribution < -0.4 is 15.6 Å². The topological polar surface area (TPSA) is 94.5 Å². The van der Waals surface area contributed by atoms with Gasteiger partial charge in [-0.15, -0.1) is 0 Å². The standard InChI is InChI=1S/C20H23F2N3O.C13H19NOS/c1-14-2-4-15(5-3-14)16-6-7-18(24-13-16)20(21,22)12-19(26)25-10-8-17(23)9-11-25;14-16-13-8-6-12(7-9-13)15-10-11-4-2-1-3-5-11/h2-7,13,17H,8-12,23H2,1H3;6-9,11H,1-5,10,14H2. The first-order chi connectivity index (χ1) is 20.2. The number of piperidine rings is 1. The Hall–Kier alpha value is -3.01. The Labute approximate surface area is 252 Å². The number of pyridine rings is 1. The average molecular weight is 597 g/mol. The summed E-state index contributed by atoms with van der Waals surface area (Å²) in [5, 5.41) is 5.47. The van der Waals surface area contributed by atoms with Crippen molar-refractivity contribution in [3.05, 3.63) is 78.1 Å². The fourth-order valence-electron chi connectivity index (χ4n) is 5.25. The smallest absolute Gasteiger partial charge is 0.298 e. The summed E-state index contributed by atoms with van der Waals surface area (Å²) in [6.45, 7) is 3.74. The van der Waals surface area contributed by atoms with Crippen LogP contribution in [0.15, 0.2) is 71.8 Å². The van der Waals surface area contributed by atoms with E-state index in [9.17, 15) is 13.6 Å². The highest BCUT2D eigenvalue weighted by Gasteiger charge is 2.38. The van der Waals surface area contributed by atoms with E-state index in [0.717, 1.165) is 39.9 Å². The molecule has 2 fully saturated rings. The predicted octanol–water partition coefficient (Wildman–Crippen LogP) is 7.10. The Bertz CT molecular complexity index is 1240. The minimum atomic E-state index is -3.29. The van der Waals surface area contributed by atoms with Crippen molar-refractivity contribution in [3.8, 4) is 16.9 Å². The van der Waals surface area contributed by atoms with Crippen LogP contribution in [0.5, 0.6) is 5.75 Å². The molecule has 5 rings (SSSR count). The summed E-state index contributed by atoms with van der Waals surface area (Å²) >= 11 is 1.27. The monoisotopic (exact) mass is 596 g/mol. The zero-order chi connectivity index (χ0) is 30.0. The molecule has 1 aliphatic carbocycles. The summed E-state index contributed by atoms with van der Waals surface area (Å²) in [6, 6.07) is 18.7. The van der Waals surface area contributed by atoms with E-state index in [2.05, 4.69) is 4.98 Å². The van der Waals surface area contributed by atoms with Crippen molar-refractivity contribution in [1.82, 2.24) is 9.88 Å². The maximum atomic E-state index is 14.5. The summed E-state index contributed by atoms with van der Waals surface area (Å²) in [7, 11) is 0. The van der Waals surface area contributed by atoms with Gasteiger partial charge in [0.25, 0.3) is 5.92 Å². The lowest BCUT2D eigenvalue weighted by molar-refractivity contribution is -0.140. The number of alkyl halides is 2. The van der Waals surface area contributed by atoms with E-state index in [1.807, 2.05) is 55.5 Å². The van der Waals surface area contributed by atoms with Gasteiger partial charge in [-0.05, 0) is 86.4 Å². The number of ether oxygens (including phenoxy) is 1. The number of halogens is 2. The SMILES string of the molecule is Cc1ccc(-c2ccc(C(F)(F)CC(=O)N3CCC(N)CC3)nc2)cc1.NSc1ccc(OCC2CCCCC2)cc1. The van der Waals surface area contributed by atoms with E-state index in [1.54, 1.807) is 6.07 Å². The molecular weight excluding hydrogens is 554 g/mol. The maximum absolute atomic E-state index is 14.5. The van der Waals surface area contributed by atoms with Gasteiger partial charge in [0.05, 0.1) is 13.0 Å². The van der Waals surface area contributed by atoms with Gasteiger partial charge in [0.15, 0.2) is 0 Å². The number of likely N-dealkylation sites (tertiary alicyclic amines) is 1. The number of amides is 1. The number of aryl methyl sites for hydroxylation is 1. The van der Waals surface area contributed by atoms with Crippen LogP contribution in [0.1, 0.15) is 62.6 Å². The molecule has 2 aliphatic rings. The average Bonchev–Trinajstić information content (AvgIpc) is 3.02. The third kappa shape index (κ3) is 9.51. The Morgan fingerprint density at radius 1 is 0.952 bits per heavy atom. The summed E-state index contributed by atoms with van der Waals surface area (Å²) in [6.07, 6.45) is 8.68. The third-order valence-corrected chi connectivity index (χ3v) is 8.50. The van der Waals surface area contributed by atoms with Crippen molar-refractivity contribution < 1.29 is 18.3 Å². The van der Waals surface area contributed by atoms with Crippen LogP contribution in [-0.2, 0) is 10.7 Å². The van der Waals surface area contributed by atoms with Gasteiger partial charge >= 0.3 is 0 Å². The van der Waals surface area contributed by atoms with E-state index < -0.39 is 18.3 Å². The number of aromatic nitrogens is 1. The fraction of sp³-hybridized carbons (Fsp3) is 0.455. The largest absolute Gasteiger partial charge is 0.493 e. The highest BCUT2D eigenvalue weighted by molar-refractivity contribution is 7.97. The number of hydrogen-bond acceptors (Lipinski definition) is 6. The molecule has 42 heavy (non-hydrogen) atoms. The van der Waals surface area contributed by atoms with Crippen LogP contribution in [0, 0.1) is 12.8 Å². The molecule has 226 valence electrons. The first kappa shape index (κ1) is 31.9. The second kappa shape index (κ2) is 15.5. The van der Waals surface area contributed by atoms with Crippen molar-refractivity contribution in [2.45, 2.75) is 75.2 Å². The van der Waals surface area contributed by atoms with Crippen LogP contribution in [0.2, 0.25) is 0 Å². The lowest BCUT2D eigenvalue weighted by Gasteiger charge is -2.31. The summed E-state index contributed by atoms with van der Waals surface area (Å²) in [4.78, 5) is 18.7. The maximum Gasteiger partial charge on any atom is 0.298 e. The van der Waals surface area contributed by atoms with Crippen molar-refractivity contribution in [1.29, 1.82) is 0 Å². The summed E-state index contributed by atoms with van der Waals surface area (Å²) < 4.78 is 34.8. The van der Waals surface area contributed by atoms with E-state index in [4.69, 9.17) is 15.6 Å². The quantitative estimate of drug-likeness (QED) is 0.270. The predicted molar refractivity (Wildman–Crippen MR) is 165 cm³/mol. The molecule has 0 bridgehead atoms. The Kier molecular flexibility index (Phi) is 11.7. The van der Waals surface area contributed by atoms with Crippen LogP contribution >= 0.6 is 11.9 Å². The highest BCUT2D eigenvalue weighted by Crippen LogP contribution is 2.32. The van der Waals surface area contributed by atoms with Gasteiger partial charge in [-0.25, -0.2) is 0 Å². The van der Waals surface area contributed by atoms with Gasteiger partial charge < -0.3 is 15.4 Å². The van der Waals surface area contributed by atoms with Gasteiger partial charge in [-0.3, -0.25) is 14.9 Å². The fourth-order valence-corrected chi connectivity index (χ4v) is 5.54. The minimum absolute atomic E-state index is 0.0514. The molecule has 0 atom stereocenters. The molecule has 3 aromatic rings. The molecule has 1 saturated heterocycles. The van der Waals surface area contributed by atoms with Gasteiger partial charge in [0.1, 0.15) is 11.4 Å². The van der Waals surface area contributed by atoms with Crippen LogP contribution in [0.4, 0.5) is 8.78 Å². The molecule has 9 heteroatoms. The van der Waals surface area contributed by atoms with Crippen molar-refractivity contribution >= 4 is 17.9 Å². The first-order valence-electron chi connectivity index (χ1n) is 14.8. The molecule has 2 aromatic carbocycles. The highest BCUT2D eigenvalue weighted by atomic mass is 32.2. The number of hydrogen-bond donors (Lipinski definition) is 2. The number of benzene rings is 2. The van der Waals surface area contributed by atoms with Crippen molar-refractivity contribution in [3.63, 3.8) is 0 Å². The molecular formula is C33H42F2N4O2S. The van der Waals surface area contributed by atoms with Gasteiger partial charge in [-0.1, -0.05) is 55.2 Å². The molecule has 0 radical (unpaired) electrons. The first-order valence-corrected chi connectivity index (χ1v) is 15.7. The lowest BCUT2D eigenvalue weighted by atomic mass is 9.90. The van der Waals surface area contributed by atoms with Gasteiger partial charge in [-0.2, -0.15) is 8.78 Å². The minimum Gasteiger partial charge on any atom is -0.493 e. The number of rotatable bonds is 8. The zero-order valence-corrected chi connectivity index (χ0v) is 25.1. The molecule has 1 saturated carbocycles. The van der Waals surface area contributed by atoms with E-state index in [0.29, 0.717) is 25.9 Å². The Morgan fingerprint density at radius 2 is 1.60 bits per heavy atom. The Morgan fingerprint density at radius 3 is 2.19 bits per heavy atom. The van der Waals surface area contributed by atoms with Crippen LogP contribution in [0.25, 0.3) is 11.1 Å². The van der Waals surface area contributed by atoms with Crippen molar-refractivity contribution in [2.24, 2.45) is 16.8 Å². The number of nitrogens with zero attached hydrogens (tertiary/aromatic N) is 2. The molecule has 4 N–H and O–H groups in total. The molecule has 0 spiro atoms. The van der Waals surface area contributed by atoms with Gasteiger partial charge in [0, 0.05) is 35.8 Å². The zero-order valence-electron chi connectivity index (χ0n) is 24.3. The molecule has 0 unspecified atom stereocenters. The Balaban J connectivity index is 0.000000216. The van der Waals surface area contributed by atoms with E-state index in [-0.39, 0.29) is 11.7 Å². The lowest BCUT2D eigenvalue weighted by Crippen LogP contribution is -2.44. The second-order valence-corrected chi connectivity index (χ2v) is 12.0. The summed E-state index contributed by atoms with van der Waals surface area (Å²) in [5.74, 6) is -2.12. The van der Waals surface area contributed by atoms with Gasteiger partial charge in [0.2, 0.25) is 5.91 Å². The third-order valence-electron chi connectivity index (χ3n) is 7.96. The summed E-state index contributed by atoms with van der Waals surface area (Å²) in [5.41, 5.74) is 8.22. The molecule has 1 amide bonds. The van der Waals surface area contributed by atoms with E-state index in [1.165, 1.54) is 61.2 Å². The van der Waals surface area contributed by atoms with Crippen LogP contribution in [0.3, 0.4) is 0 Å². The van der Waals surface area contributed by atoms with Crippen LogP contribution in [-0.4, -0.2) is 41.5 Å². The molecule has 1 aliphatic heterocycles. The normalized spacial score (nSPS) is 16.5. The number of carbonyl (C=O) groups is 1. The number of nitrogens with two attached hydrogens (primary N) is 2. The molecule has 6 nitrogen and oxygen atoms in total. The number of carbonyl (C=O) groups excluding carboxylic acids is 1.